The van der Waals surface area contributed by atoms with Crippen molar-refractivity contribution in [2.24, 2.45) is 5.92 Å². The lowest BCUT2D eigenvalue weighted by Gasteiger charge is -2.03. The van der Waals surface area contributed by atoms with Crippen molar-refractivity contribution in [3.8, 4) is 6.07 Å². The van der Waals surface area contributed by atoms with E-state index in [1.807, 2.05) is 6.07 Å². The lowest BCUT2D eigenvalue weighted by molar-refractivity contribution is -0.385. The van der Waals surface area contributed by atoms with E-state index in [4.69, 9.17) is 5.26 Å². The van der Waals surface area contributed by atoms with Crippen LogP contribution in [0.25, 0.3) is 0 Å². The van der Waals surface area contributed by atoms with Crippen LogP contribution in [0, 0.1) is 27.4 Å². The second-order valence-corrected chi connectivity index (χ2v) is 4.09. The van der Waals surface area contributed by atoms with Gasteiger partial charge in [0.15, 0.2) is 0 Å². The minimum atomic E-state index is -0.545. The number of hydrogen-bond acceptors (Lipinski definition) is 4. The summed E-state index contributed by atoms with van der Waals surface area (Å²) in [5.74, 6) is 0.0390. The standard InChI is InChI=1S/C12H10N2O3/c13-7-9-2-1-3-11(14(16)17)10(9)6-12(15)8-4-5-8/h1-3,8H,4-6H2. The Labute approximate surface area is 97.8 Å². The van der Waals surface area contributed by atoms with Crippen LogP contribution >= 0.6 is 0 Å². The molecule has 1 aliphatic carbocycles. The number of nitro groups is 1. The van der Waals surface area contributed by atoms with Crippen LogP contribution in [0.2, 0.25) is 0 Å². The summed E-state index contributed by atoms with van der Waals surface area (Å²) in [5.41, 5.74) is 0.322. The summed E-state index contributed by atoms with van der Waals surface area (Å²) in [5, 5.41) is 19.7. The molecule has 2 rings (SSSR count). The molecule has 1 aromatic carbocycles. The van der Waals surface area contributed by atoms with Gasteiger partial charge in [0, 0.05) is 18.4 Å². The van der Waals surface area contributed by atoms with E-state index >= 15 is 0 Å². The summed E-state index contributed by atoms with van der Waals surface area (Å²) in [6.45, 7) is 0. The molecule has 1 aromatic rings. The molecule has 0 amide bonds. The molecule has 1 fully saturated rings. The van der Waals surface area contributed by atoms with Crippen molar-refractivity contribution in [2.45, 2.75) is 19.3 Å². The summed E-state index contributed by atoms with van der Waals surface area (Å²) in [4.78, 5) is 22.0. The lowest BCUT2D eigenvalue weighted by Crippen LogP contribution is -2.08. The van der Waals surface area contributed by atoms with Crippen LogP contribution in [0.4, 0.5) is 5.69 Å². The van der Waals surface area contributed by atoms with Gasteiger partial charge in [-0.25, -0.2) is 0 Å². The van der Waals surface area contributed by atoms with Crippen LogP contribution in [0.1, 0.15) is 24.0 Å². The van der Waals surface area contributed by atoms with Gasteiger partial charge in [-0.15, -0.1) is 0 Å². The zero-order chi connectivity index (χ0) is 12.4. The monoisotopic (exact) mass is 230 g/mol. The van der Waals surface area contributed by atoms with E-state index in [1.54, 1.807) is 0 Å². The Hall–Kier alpha value is -2.22. The second-order valence-electron chi connectivity index (χ2n) is 4.09. The molecule has 0 spiro atoms. The van der Waals surface area contributed by atoms with Gasteiger partial charge in [-0.3, -0.25) is 14.9 Å². The Morgan fingerprint density at radius 1 is 1.53 bits per heavy atom. The molecule has 5 heteroatoms. The number of nitro benzene ring substituents is 1. The average molecular weight is 230 g/mol. The van der Waals surface area contributed by atoms with Crippen LogP contribution in [0.15, 0.2) is 18.2 Å². The predicted octanol–water partition coefficient (Wildman–Crippen LogP) is 1.99. The first kappa shape index (κ1) is 11.3. The largest absolute Gasteiger partial charge is 0.299 e. The maximum absolute atomic E-state index is 11.7. The van der Waals surface area contributed by atoms with E-state index in [1.165, 1.54) is 18.2 Å². The third kappa shape index (κ3) is 2.31. The zero-order valence-electron chi connectivity index (χ0n) is 9.05. The Balaban J connectivity index is 2.38. The van der Waals surface area contributed by atoms with Crippen LogP contribution < -0.4 is 0 Å². The molecule has 0 aliphatic heterocycles. The van der Waals surface area contributed by atoms with Crippen LogP contribution in [-0.2, 0) is 11.2 Å². The first-order valence-corrected chi connectivity index (χ1v) is 5.32. The summed E-state index contributed by atoms with van der Waals surface area (Å²) >= 11 is 0. The van der Waals surface area contributed by atoms with Crippen LogP contribution in [0.5, 0.6) is 0 Å². The van der Waals surface area contributed by atoms with E-state index in [9.17, 15) is 14.9 Å². The Morgan fingerprint density at radius 2 is 2.24 bits per heavy atom. The first-order valence-electron chi connectivity index (χ1n) is 5.32. The van der Waals surface area contributed by atoms with Crippen molar-refractivity contribution >= 4 is 11.5 Å². The normalized spacial score (nSPS) is 14.1. The smallest absolute Gasteiger partial charge is 0.274 e. The fraction of sp³-hybridized carbons (Fsp3) is 0.333. The minimum absolute atomic E-state index is 0.00389. The third-order valence-electron chi connectivity index (χ3n) is 2.85. The van der Waals surface area contributed by atoms with Crippen molar-refractivity contribution in [2.75, 3.05) is 0 Å². The van der Waals surface area contributed by atoms with E-state index in [2.05, 4.69) is 0 Å². The van der Waals surface area contributed by atoms with Gasteiger partial charge in [-0.05, 0) is 18.9 Å². The molecule has 0 aromatic heterocycles. The number of ketones is 1. The molecule has 0 atom stereocenters. The molecule has 0 heterocycles. The topological polar surface area (TPSA) is 84.0 Å². The molecule has 86 valence electrons. The van der Waals surface area contributed by atoms with Crippen molar-refractivity contribution in [3.05, 3.63) is 39.4 Å². The van der Waals surface area contributed by atoms with Gasteiger partial charge in [0.2, 0.25) is 0 Å². The maximum Gasteiger partial charge on any atom is 0.274 e. The van der Waals surface area contributed by atoms with Gasteiger partial charge >= 0.3 is 0 Å². The van der Waals surface area contributed by atoms with Crippen molar-refractivity contribution in [1.82, 2.24) is 0 Å². The van der Waals surface area contributed by atoms with Crippen LogP contribution in [-0.4, -0.2) is 10.7 Å². The van der Waals surface area contributed by atoms with E-state index in [0.717, 1.165) is 12.8 Å². The summed E-state index contributed by atoms with van der Waals surface area (Å²) < 4.78 is 0. The van der Waals surface area contributed by atoms with Gasteiger partial charge in [0.1, 0.15) is 5.78 Å². The Morgan fingerprint density at radius 3 is 2.76 bits per heavy atom. The van der Waals surface area contributed by atoms with Crippen molar-refractivity contribution in [3.63, 3.8) is 0 Å². The molecule has 0 N–H and O–H groups in total. The van der Waals surface area contributed by atoms with Gasteiger partial charge < -0.3 is 0 Å². The number of hydrogen-bond donors (Lipinski definition) is 0. The number of Topliss-reactive ketones (excluding diaryl/α,β-unsaturated/α-hetero) is 1. The molecule has 0 saturated heterocycles. The van der Waals surface area contributed by atoms with Crippen molar-refractivity contribution in [1.29, 1.82) is 5.26 Å². The molecule has 0 unspecified atom stereocenters. The molecule has 1 aliphatic rings. The number of nitrogens with zero attached hydrogens (tertiary/aromatic N) is 2. The second kappa shape index (κ2) is 4.34. The quantitative estimate of drug-likeness (QED) is 0.584. The van der Waals surface area contributed by atoms with Gasteiger partial charge in [-0.1, -0.05) is 6.07 Å². The van der Waals surface area contributed by atoms with E-state index in [-0.39, 0.29) is 34.9 Å². The minimum Gasteiger partial charge on any atom is -0.299 e. The Bertz CT molecular complexity index is 527. The van der Waals surface area contributed by atoms with E-state index in [0.29, 0.717) is 0 Å². The molecular weight excluding hydrogens is 220 g/mol. The van der Waals surface area contributed by atoms with Gasteiger partial charge in [-0.2, -0.15) is 5.26 Å². The summed E-state index contributed by atoms with van der Waals surface area (Å²) in [7, 11) is 0. The van der Waals surface area contributed by atoms with Crippen LogP contribution in [0.3, 0.4) is 0 Å². The highest BCUT2D eigenvalue weighted by Gasteiger charge is 2.31. The van der Waals surface area contributed by atoms with Crippen molar-refractivity contribution < 1.29 is 9.72 Å². The predicted molar refractivity (Wildman–Crippen MR) is 59.2 cm³/mol. The first-order chi connectivity index (χ1) is 8.13. The highest BCUT2D eigenvalue weighted by atomic mass is 16.6. The average Bonchev–Trinajstić information content (AvgIpc) is 3.12. The highest BCUT2D eigenvalue weighted by molar-refractivity contribution is 5.86. The molecule has 17 heavy (non-hydrogen) atoms. The summed E-state index contributed by atoms with van der Waals surface area (Å²) in [6, 6.07) is 6.19. The molecule has 5 nitrogen and oxygen atoms in total. The third-order valence-corrected chi connectivity index (χ3v) is 2.85. The summed E-state index contributed by atoms with van der Waals surface area (Å²) in [6.07, 6.45) is 1.72. The number of carbonyl (C=O) groups excluding carboxylic acids is 1. The highest BCUT2D eigenvalue weighted by Crippen LogP contribution is 2.32. The van der Waals surface area contributed by atoms with E-state index < -0.39 is 4.92 Å². The number of benzene rings is 1. The number of nitriles is 1. The number of rotatable bonds is 4. The number of carbonyl (C=O) groups is 1. The SMILES string of the molecule is N#Cc1cccc([N+](=O)[O-])c1CC(=O)C1CC1. The molecule has 0 bridgehead atoms. The lowest BCUT2D eigenvalue weighted by atomic mass is 9.99. The fourth-order valence-electron chi connectivity index (χ4n) is 1.76. The van der Waals surface area contributed by atoms with Gasteiger partial charge in [0.05, 0.1) is 22.1 Å². The Kier molecular flexibility index (Phi) is 2.88. The zero-order valence-corrected chi connectivity index (χ0v) is 9.05. The maximum atomic E-state index is 11.7. The molecule has 1 saturated carbocycles. The molecular formula is C12H10N2O3. The molecule has 0 radical (unpaired) electrons. The van der Waals surface area contributed by atoms with Gasteiger partial charge in [0.25, 0.3) is 5.69 Å². The fourth-order valence-corrected chi connectivity index (χ4v) is 1.76.